The van der Waals surface area contributed by atoms with Gasteiger partial charge in [0.1, 0.15) is 5.76 Å². The number of amides is 2. The van der Waals surface area contributed by atoms with Crippen LogP contribution in [0.3, 0.4) is 0 Å². The van der Waals surface area contributed by atoms with E-state index in [0.717, 1.165) is 23.2 Å². The number of aryl methyl sites for hydroxylation is 2. The standard InChI is InChI=1S/C32H32N4O5S/c1-5-21-10-7-9-19(3)29(21)36-26(37)18-42-31-24(17-33)28(25-11-8-16-41-25)27(20(4)34-31)30(38)35-23-14-12-22(13-15-23)32(39)40-6-2/h7-16,28,34H,5-6,18H2,1-4H3,(H,35,38)(H,36,37)/t28-/m0/s1. The number of anilines is 2. The number of hydrogen-bond acceptors (Lipinski definition) is 8. The Hall–Kier alpha value is -4.75. The van der Waals surface area contributed by atoms with Crippen LogP contribution in [0.2, 0.25) is 0 Å². The molecule has 42 heavy (non-hydrogen) atoms. The second kappa shape index (κ2) is 13.7. The molecule has 1 aliphatic heterocycles. The molecule has 2 amide bonds. The van der Waals surface area contributed by atoms with Crippen molar-refractivity contribution in [2.24, 2.45) is 0 Å². The SMILES string of the molecule is CCOC(=O)c1ccc(NC(=O)C2=C(C)NC(SCC(=O)Nc3c(C)cccc3CC)=C(C#N)[C@H]2c2ccco2)cc1. The first kappa shape index (κ1) is 30.2. The van der Waals surface area contributed by atoms with Gasteiger partial charge in [-0.05, 0) is 74.7 Å². The van der Waals surface area contributed by atoms with E-state index >= 15 is 0 Å². The minimum absolute atomic E-state index is 0.0531. The molecule has 216 valence electrons. The van der Waals surface area contributed by atoms with Gasteiger partial charge >= 0.3 is 5.97 Å². The average Bonchev–Trinajstić information content (AvgIpc) is 3.52. The number of nitriles is 1. The van der Waals surface area contributed by atoms with Crippen molar-refractivity contribution >= 4 is 40.9 Å². The lowest BCUT2D eigenvalue weighted by Crippen LogP contribution is -2.31. The Morgan fingerprint density at radius 1 is 1.05 bits per heavy atom. The van der Waals surface area contributed by atoms with Gasteiger partial charge in [0.2, 0.25) is 5.91 Å². The molecule has 2 heterocycles. The summed E-state index contributed by atoms with van der Waals surface area (Å²) in [5.74, 6) is -1.41. The summed E-state index contributed by atoms with van der Waals surface area (Å²) in [6.45, 7) is 7.71. The summed E-state index contributed by atoms with van der Waals surface area (Å²) in [6, 6.07) is 17.9. The van der Waals surface area contributed by atoms with Crippen molar-refractivity contribution in [2.75, 3.05) is 23.0 Å². The van der Waals surface area contributed by atoms with Gasteiger partial charge in [0.25, 0.3) is 5.91 Å². The summed E-state index contributed by atoms with van der Waals surface area (Å²) in [5.41, 5.74) is 4.74. The monoisotopic (exact) mass is 584 g/mol. The van der Waals surface area contributed by atoms with E-state index in [0.29, 0.717) is 33.3 Å². The average molecular weight is 585 g/mol. The molecule has 0 aliphatic carbocycles. The van der Waals surface area contributed by atoms with E-state index < -0.39 is 17.8 Å². The fourth-order valence-corrected chi connectivity index (χ4v) is 5.58. The van der Waals surface area contributed by atoms with E-state index in [1.807, 2.05) is 32.0 Å². The predicted molar refractivity (Wildman–Crippen MR) is 163 cm³/mol. The molecule has 3 aromatic rings. The van der Waals surface area contributed by atoms with E-state index in [2.05, 4.69) is 22.0 Å². The number of benzene rings is 2. The third-order valence-electron chi connectivity index (χ3n) is 6.73. The molecule has 0 bridgehead atoms. The lowest BCUT2D eigenvalue weighted by Gasteiger charge is -2.28. The van der Waals surface area contributed by atoms with Crippen molar-refractivity contribution in [2.45, 2.75) is 40.0 Å². The summed E-state index contributed by atoms with van der Waals surface area (Å²) < 4.78 is 10.7. The van der Waals surface area contributed by atoms with Crippen LogP contribution >= 0.6 is 11.8 Å². The lowest BCUT2D eigenvalue weighted by atomic mass is 9.85. The van der Waals surface area contributed by atoms with Crippen LogP contribution in [0.1, 0.15) is 53.9 Å². The number of esters is 1. The highest BCUT2D eigenvalue weighted by molar-refractivity contribution is 8.03. The first-order valence-corrected chi connectivity index (χ1v) is 14.5. The second-order valence-electron chi connectivity index (χ2n) is 9.52. The molecular weight excluding hydrogens is 552 g/mol. The van der Waals surface area contributed by atoms with E-state index in [4.69, 9.17) is 9.15 Å². The largest absolute Gasteiger partial charge is 0.468 e. The minimum atomic E-state index is -0.793. The van der Waals surface area contributed by atoms with E-state index in [1.54, 1.807) is 50.2 Å². The molecule has 10 heteroatoms. The normalized spacial score (nSPS) is 14.6. The maximum atomic E-state index is 13.6. The summed E-state index contributed by atoms with van der Waals surface area (Å²) in [5, 5.41) is 19.7. The summed E-state index contributed by atoms with van der Waals surface area (Å²) in [4.78, 5) is 38.5. The molecule has 0 radical (unpaired) electrons. The van der Waals surface area contributed by atoms with Crippen molar-refractivity contribution < 1.29 is 23.5 Å². The van der Waals surface area contributed by atoms with E-state index in [-0.39, 0.29) is 23.8 Å². The number of carbonyl (C=O) groups excluding carboxylic acids is 3. The lowest BCUT2D eigenvalue weighted by molar-refractivity contribution is -0.114. The fourth-order valence-electron chi connectivity index (χ4n) is 4.69. The Labute approximate surface area is 249 Å². The molecule has 0 unspecified atom stereocenters. The quantitative estimate of drug-likeness (QED) is 0.246. The zero-order chi connectivity index (χ0) is 30.2. The third kappa shape index (κ3) is 6.75. The van der Waals surface area contributed by atoms with Gasteiger partial charge in [0.15, 0.2) is 0 Å². The molecule has 0 saturated heterocycles. The summed E-state index contributed by atoms with van der Waals surface area (Å²) >= 11 is 1.19. The maximum absolute atomic E-state index is 13.6. The van der Waals surface area contributed by atoms with Crippen LogP contribution in [0, 0.1) is 18.3 Å². The van der Waals surface area contributed by atoms with Gasteiger partial charge in [-0.2, -0.15) is 5.26 Å². The van der Waals surface area contributed by atoms with Crippen molar-refractivity contribution in [1.29, 1.82) is 5.26 Å². The molecule has 0 saturated carbocycles. The molecule has 0 spiro atoms. The number of nitrogens with one attached hydrogen (secondary N) is 3. The third-order valence-corrected chi connectivity index (χ3v) is 7.74. The Bertz CT molecular complexity index is 1580. The van der Waals surface area contributed by atoms with Crippen molar-refractivity contribution in [1.82, 2.24) is 5.32 Å². The van der Waals surface area contributed by atoms with Gasteiger partial charge in [-0.25, -0.2) is 4.79 Å². The zero-order valence-corrected chi connectivity index (χ0v) is 24.7. The second-order valence-corrected chi connectivity index (χ2v) is 10.5. The Balaban J connectivity index is 1.55. The molecule has 0 fully saturated rings. The molecule has 4 rings (SSSR count). The van der Waals surface area contributed by atoms with Crippen LogP contribution in [-0.2, 0) is 20.7 Å². The molecule has 1 aliphatic rings. The maximum Gasteiger partial charge on any atom is 0.338 e. The molecule has 2 aromatic carbocycles. The Morgan fingerprint density at radius 2 is 1.81 bits per heavy atom. The number of rotatable bonds is 10. The Morgan fingerprint density at radius 3 is 2.45 bits per heavy atom. The van der Waals surface area contributed by atoms with Gasteiger partial charge in [-0.1, -0.05) is 36.9 Å². The van der Waals surface area contributed by atoms with Crippen LogP contribution in [-0.4, -0.2) is 30.1 Å². The van der Waals surface area contributed by atoms with Crippen LogP contribution in [0.25, 0.3) is 0 Å². The number of nitrogens with zero attached hydrogens (tertiary/aromatic N) is 1. The van der Waals surface area contributed by atoms with E-state index in [9.17, 15) is 19.6 Å². The number of furan rings is 1. The van der Waals surface area contributed by atoms with Crippen LogP contribution in [0.4, 0.5) is 11.4 Å². The molecule has 1 aromatic heterocycles. The number of allylic oxidation sites excluding steroid dienone is 2. The zero-order valence-electron chi connectivity index (χ0n) is 23.9. The van der Waals surface area contributed by atoms with Gasteiger partial charge in [0.05, 0.1) is 52.3 Å². The number of hydrogen-bond donors (Lipinski definition) is 3. The van der Waals surface area contributed by atoms with Crippen molar-refractivity contribution in [3.05, 3.63) is 105 Å². The van der Waals surface area contributed by atoms with Crippen molar-refractivity contribution in [3.8, 4) is 6.07 Å². The summed E-state index contributed by atoms with van der Waals surface area (Å²) in [6.07, 6.45) is 2.27. The number of dihydropyridines is 1. The highest BCUT2D eigenvalue weighted by Crippen LogP contribution is 2.41. The number of ether oxygens (including phenoxy) is 1. The number of thioether (sulfide) groups is 1. The topological polar surface area (TPSA) is 133 Å². The van der Waals surface area contributed by atoms with Gasteiger partial charge in [0, 0.05) is 17.1 Å². The first-order valence-electron chi connectivity index (χ1n) is 13.5. The van der Waals surface area contributed by atoms with Gasteiger partial charge < -0.3 is 25.1 Å². The first-order chi connectivity index (χ1) is 20.3. The predicted octanol–water partition coefficient (Wildman–Crippen LogP) is 6.03. The highest BCUT2D eigenvalue weighted by atomic mass is 32.2. The van der Waals surface area contributed by atoms with Crippen molar-refractivity contribution in [3.63, 3.8) is 0 Å². The van der Waals surface area contributed by atoms with E-state index in [1.165, 1.54) is 18.0 Å². The van der Waals surface area contributed by atoms with Crippen LogP contribution in [0.5, 0.6) is 0 Å². The fraction of sp³-hybridized carbons (Fsp3) is 0.250. The van der Waals surface area contributed by atoms with Crippen LogP contribution < -0.4 is 16.0 Å². The molecule has 3 N–H and O–H groups in total. The van der Waals surface area contributed by atoms with Crippen LogP contribution in [0.15, 0.2) is 87.1 Å². The van der Waals surface area contributed by atoms with Gasteiger partial charge in [-0.3, -0.25) is 9.59 Å². The number of carbonyl (C=O) groups is 3. The number of para-hydroxylation sites is 1. The molecule has 1 atom stereocenters. The highest BCUT2D eigenvalue weighted by Gasteiger charge is 2.36. The summed E-state index contributed by atoms with van der Waals surface area (Å²) in [7, 11) is 0. The molecule has 9 nitrogen and oxygen atoms in total. The minimum Gasteiger partial charge on any atom is -0.468 e. The van der Waals surface area contributed by atoms with Gasteiger partial charge in [-0.15, -0.1) is 0 Å². The smallest absolute Gasteiger partial charge is 0.338 e. The molecular formula is C32H32N4O5S. The Kier molecular flexibility index (Phi) is 9.89.